The maximum atomic E-state index is 12.0. The average molecular weight is 353 g/mol. The van der Waals surface area contributed by atoms with Crippen LogP contribution in [0.25, 0.3) is 0 Å². The third kappa shape index (κ3) is 3.51. The number of ether oxygens (including phenoxy) is 1. The number of guanidine groups is 1. The van der Waals surface area contributed by atoms with Crippen LogP contribution in [-0.4, -0.2) is 22.6 Å². The molecular formula is C17H15N5O4. The molecule has 0 radical (unpaired) electrons. The van der Waals surface area contributed by atoms with Gasteiger partial charge in [-0.15, -0.1) is 5.10 Å². The van der Waals surface area contributed by atoms with Crippen molar-refractivity contribution in [2.75, 3.05) is 0 Å². The molecule has 9 nitrogen and oxygen atoms in total. The maximum absolute atomic E-state index is 12.0. The Labute approximate surface area is 148 Å². The molecule has 0 saturated heterocycles. The van der Waals surface area contributed by atoms with Crippen molar-refractivity contribution in [1.29, 1.82) is 0 Å². The van der Waals surface area contributed by atoms with Gasteiger partial charge < -0.3 is 16.2 Å². The lowest BCUT2D eigenvalue weighted by atomic mass is 9.98. The summed E-state index contributed by atoms with van der Waals surface area (Å²) in [5, 5.41) is 18.7. The summed E-state index contributed by atoms with van der Waals surface area (Å²) in [6, 6.07) is 12.9. The molecule has 2 aromatic carbocycles. The molecule has 3 rings (SSSR count). The Kier molecular flexibility index (Phi) is 4.61. The van der Waals surface area contributed by atoms with Gasteiger partial charge in [0.2, 0.25) is 5.96 Å². The minimum absolute atomic E-state index is 0.0938. The molecule has 0 saturated carbocycles. The van der Waals surface area contributed by atoms with Crippen molar-refractivity contribution in [3.8, 4) is 0 Å². The summed E-state index contributed by atoms with van der Waals surface area (Å²) in [5.74, 6) is -0.678. The van der Waals surface area contributed by atoms with E-state index in [4.69, 9.17) is 16.2 Å². The summed E-state index contributed by atoms with van der Waals surface area (Å²) in [6.45, 7) is 0. The SMILES string of the molecule is NC(N)=N/N=C(\C[C@H]1OC(=O)c2ccccc21)c1cccc([N+](=O)[O-])c1. The van der Waals surface area contributed by atoms with Crippen molar-refractivity contribution in [1.82, 2.24) is 0 Å². The Morgan fingerprint density at radius 1 is 1.15 bits per heavy atom. The second-order valence-corrected chi connectivity index (χ2v) is 5.56. The standard InChI is InChI=1S/C17H15N5O4/c18-17(19)21-20-14(10-4-3-5-11(8-10)22(24)25)9-15-12-6-1-2-7-13(12)16(23)26-15/h1-8,15H,9H2,(H4,18,19,21)/b20-14+/t15-/m1/s1. The predicted molar refractivity (Wildman–Crippen MR) is 94.7 cm³/mol. The molecule has 9 heteroatoms. The lowest BCUT2D eigenvalue weighted by molar-refractivity contribution is -0.384. The number of carbonyl (C=O) groups is 1. The molecule has 0 bridgehead atoms. The van der Waals surface area contributed by atoms with Gasteiger partial charge in [0.1, 0.15) is 6.10 Å². The zero-order chi connectivity index (χ0) is 18.7. The van der Waals surface area contributed by atoms with Gasteiger partial charge in [-0.05, 0) is 6.07 Å². The largest absolute Gasteiger partial charge is 0.453 e. The molecule has 0 aromatic heterocycles. The molecule has 2 aromatic rings. The van der Waals surface area contributed by atoms with Crippen LogP contribution in [-0.2, 0) is 4.74 Å². The van der Waals surface area contributed by atoms with Gasteiger partial charge in [-0.2, -0.15) is 5.10 Å². The highest BCUT2D eigenvalue weighted by Gasteiger charge is 2.32. The third-order valence-electron chi connectivity index (χ3n) is 3.83. The number of fused-ring (bicyclic) bond motifs is 1. The number of nitro benzene ring substituents is 1. The van der Waals surface area contributed by atoms with E-state index >= 15 is 0 Å². The van der Waals surface area contributed by atoms with Gasteiger partial charge >= 0.3 is 5.97 Å². The molecule has 0 aliphatic carbocycles. The van der Waals surface area contributed by atoms with Gasteiger partial charge in [0.05, 0.1) is 16.2 Å². The second-order valence-electron chi connectivity index (χ2n) is 5.56. The van der Waals surface area contributed by atoms with E-state index in [0.29, 0.717) is 16.8 Å². The monoisotopic (exact) mass is 353 g/mol. The van der Waals surface area contributed by atoms with Gasteiger partial charge in [0.25, 0.3) is 5.69 Å². The summed E-state index contributed by atoms with van der Waals surface area (Å²) in [5.41, 5.74) is 12.6. The van der Waals surface area contributed by atoms with Crippen molar-refractivity contribution in [3.05, 3.63) is 75.3 Å². The van der Waals surface area contributed by atoms with Crippen molar-refractivity contribution < 1.29 is 14.5 Å². The number of non-ortho nitro benzene ring substituents is 1. The van der Waals surface area contributed by atoms with Crippen molar-refractivity contribution in [2.24, 2.45) is 21.7 Å². The lowest BCUT2D eigenvalue weighted by Crippen LogP contribution is -2.22. The van der Waals surface area contributed by atoms with Crippen molar-refractivity contribution in [3.63, 3.8) is 0 Å². The van der Waals surface area contributed by atoms with Crippen LogP contribution in [0.2, 0.25) is 0 Å². The summed E-state index contributed by atoms with van der Waals surface area (Å²) < 4.78 is 5.40. The van der Waals surface area contributed by atoms with Crippen LogP contribution in [0.5, 0.6) is 0 Å². The quantitative estimate of drug-likeness (QED) is 0.276. The number of nitrogens with two attached hydrogens (primary N) is 2. The predicted octanol–water partition coefficient (Wildman–Crippen LogP) is 1.87. The number of esters is 1. The molecule has 1 aliphatic rings. The fourth-order valence-corrected chi connectivity index (χ4v) is 2.68. The van der Waals surface area contributed by atoms with Crippen molar-refractivity contribution in [2.45, 2.75) is 12.5 Å². The van der Waals surface area contributed by atoms with E-state index in [-0.39, 0.29) is 18.1 Å². The summed E-state index contributed by atoms with van der Waals surface area (Å²) in [6.07, 6.45) is -0.410. The number of nitrogens with zero attached hydrogens (tertiary/aromatic N) is 3. The van der Waals surface area contributed by atoms with E-state index in [9.17, 15) is 14.9 Å². The van der Waals surface area contributed by atoms with Crippen LogP contribution in [0.15, 0.2) is 58.7 Å². The first-order valence-corrected chi connectivity index (χ1v) is 7.66. The molecule has 4 N–H and O–H groups in total. The molecule has 26 heavy (non-hydrogen) atoms. The minimum atomic E-state index is -0.578. The summed E-state index contributed by atoms with van der Waals surface area (Å²) in [4.78, 5) is 22.5. The Balaban J connectivity index is 1.98. The normalized spacial score (nSPS) is 15.9. The summed E-state index contributed by atoms with van der Waals surface area (Å²) >= 11 is 0. The highest BCUT2D eigenvalue weighted by atomic mass is 16.6. The van der Waals surface area contributed by atoms with E-state index in [0.717, 1.165) is 5.56 Å². The molecule has 0 fully saturated rings. The summed E-state index contributed by atoms with van der Waals surface area (Å²) in [7, 11) is 0. The van der Waals surface area contributed by atoms with Gasteiger partial charge in [-0.3, -0.25) is 10.1 Å². The first-order valence-electron chi connectivity index (χ1n) is 7.66. The number of carbonyl (C=O) groups excluding carboxylic acids is 1. The fourth-order valence-electron chi connectivity index (χ4n) is 2.68. The van der Waals surface area contributed by atoms with Gasteiger partial charge in [-0.25, -0.2) is 4.79 Å². The van der Waals surface area contributed by atoms with E-state index in [1.54, 1.807) is 30.3 Å². The van der Waals surface area contributed by atoms with Gasteiger partial charge in [0.15, 0.2) is 0 Å². The highest BCUT2D eigenvalue weighted by molar-refractivity contribution is 6.03. The van der Waals surface area contributed by atoms with Crippen LogP contribution < -0.4 is 11.5 Å². The number of hydrogen-bond donors (Lipinski definition) is 2. The zero-order valence-corrected chi connectivity index (χ0v) is 13.5. The van der Waals surface area contributed by atoms with Crippen molar-refractivity contribution >= 4 is 23.3 Å². The second kappa shape index (κ2) is 7.01. The first-order chi connectivity index (χ1) is 12.5. The molecule has 132 valence electrons. The van der Waals surface area contributed by atoms with Crippen LogP contribution in [0.1, 0.15) is 34.0 Å². The molecule has 1 heterocycles. The Morgan fingerprint density at radius 2 is 1.92 bits per heavy atom. The van der Waals surface area contributed by atoms with E-state index in [1.165, 1.54) is 18.2 Å². The first kappa shape index (κ1) is 17.1. The van der Waals surface area contributed by atoms with E-state index < -0.39 is 17.0 Å². The fraction of sp³-hybridized carbons (Fsp3) is 0.118. The lowest BCUT2D eigenvalue weighted by Gasteiger charge is -2.12. The average Bonchev–Trinajstić information content (AvgIpc) is 2.94. The minimum Gasteiger partial charge on any atom is -0.453 e. The smallest absolute Gasteiger partial charge is 0.339 e. The topological polar surface area (TPSA) is 146 Å². The molecule has 0 spiro atoms. The molecule has 1 aliphatic heterocycles. The highest BCUT2D eigenvalue weighted by Crippen LogP contribution is 2.34. The number of rotatable bonds is 5. The number of benzene rings is 2. The Hall–Kier alpha value is -3.75. The van der Waals surface area contributed by atoms with Crippen LogP contribution in [0, 0.1) is 10.1 Å². The third-order valence-corrected chi connectivity index (χ3v) is 3.83. The maximum Gasteiger partial charge on any atom is 0.339 e. The molecule has 0 unspecified atom stereocenters. The van der Waals surface area contributed by atoms with Crippen LogP contribution >= 0.6 is 0 Å². The number of nitro groups is 1. The zero-order valence-electron chi connectivity index (χ0n) is 13.5. The van der Waals surface area contributed by atoms with Gasteiger partial charge in [0, 0.05) is 29.7 Å². The Bertz CT molecular complexity index is 934. The molecule has 1 atom stereocenters. The molecule has 0 amide bonds. The van der Waals surface area contributed by atoms with E-state index in [2.05, 4.69) is 10.2 Å². The Morgan fingerprint density at radius 3 is 2.65 bits per heavy atom. The number of cyclic esters (lactones) is 1. The van der Waals surface area contributed by atoms with Crippen LogP contribution in [0.3, 0.4) is 0 Å². The van der Waals surface area contributed by atoms with Gasteiger partial charge in [-0.1, -0.05) is 30.3 Å². The number of hydrogen-bond acceptors (Lipinski definition) is 6. The van der Waals surface area contributed by atoms with E-state index in [1.807, 2.05) is 0 Å². The molecular weight excluding hydrogens is 338 g/mol. The van der Waals surface area contributed by atoms with Crippen LogP contribution in [0.4, 0.5) is 5.69 Å².